The van der Waals surface area contributed by atoms with Gasteiger partial charge in [0.1, 0.15) is 5.75 Å². The lowest BCUT2D eigenvalue weighted by Gasteiger charge is -2.10. The lowest BCUT2D eigenvalue weighted by atomic mass is 10.3. The highest BCUT2D eigenvalue weighted by atomic mass is 16.6. The first-order valence-corrected chi connectivity index (χ1v) is 6.90. The second-order valence-electron chi connectivity index (χ2n) is 4.53. The molecule has 0 aliphatic rings. The zero-order valence-corrected chi connectivity index (χ0v) is 12.3. The minimum atomic E-state index is -0.391. The Morgan fingerprint density at radius 2 is 2.00 bits per heavy atom. The van der Waals surface area contributed by atoms with Crippen LogP contribution in [0.15, 0.2) is 42.6 Å². The first-order chi connectivity index (χ1) is 10.2. The number of hydrogen-bond acceptors (Lipinski definition) is 4. The van der Waals surface area contributed by atoms with E-state index in [4.69, 9.17) is 4.74 Å². The zero-order chi connectivity index (χ0) is 15.1. The van der Waals surface area contributed by atoms with E-state index < -0.39 is 5.97 Å². The van der Waals surface area contributed by atoms with Crippen molar-refractivity contribution in [2.75, 3.05) is 19.0 Å². The van der Waals surface area contributed by atoms with Crippen molar-refractivity contribution >= 4 is 11.7 Å². The van der Waals surface area contributed by atoms with Gasteiger partial charge in [-0.3, -0.25) is 0 Å². The van der Waals surface area contributed by atoms with E-state index in [0.29, 0.717) is 5.75 Å². The van der Waals surface area contributed by atoms with E-state index in [2.05, 4.69) is 33.8 Å². The highest BCUT2D eigenvalue weighted by Gasteiger charge is 2.02. The number of ether oxygens (including phenoxy) is 2. The number of nitrogens with zero attached hydrogens (tertiary/aromatic N) is 1. The lowest BCUT2D eigenvalue weighted by Crippen LogP contribution is -2.12. The van der Waals surface area contributed by atoms with Gasteiger partial charge in [0.15, 0.2) is 6.61 Å². The topological polar surface area (TPSA) is 52.5 Å². The maximum atomic E-state index is 11.0. The molecule has 0 fully saturated rings. The fourth-order valence-corrected chi connectivity index (χ4v) is 1.98. The maximum absolute atomic E-state index is 11.0. The molecule has 1 aromatic heterocycles. The molecule has 1 aromatic carbocycles. The van der Waals surface area contributed by atoms with E-state index in [0.717, 1.165) is 18.8 Å². The standard InChI is InChI=1S/C16H20N2O3/c1-3-18-10-4-5-14(18)11-17-13-6-8-15(9-7-13)21-12-16(19)20-2/h4-10,17H,3,11-12H2,1-2H3. The summed E-state index contributed by atoms with van der Waals surface area (Å²) >= 11 is 0. The summed E-state index contributed by atoms with van der Waals surface area (Å²) in [6.45, 7) is 3.78. The summed E-state index contributed by atoms with van der Waals surface area (Å²) in [6, 6.07) is 11.6. The molecule has 2 rings (SSSR count). The second kappa shape index (κ2) is 7.38. The van der Waals surface area contributed by atoms with Gasteiger partial charge in [0, 0.05) is 24.1 Å². The monoisotopic (exact) mass is 288 g/mol. The quantitative estimate of drug-likeness (QED) is 0.796. The van der Waals surface area contributed by atoms with Crippen LogP contribution >= 0.6 is 0 Å². The summed E-state index contributed by atoms with van der Waals surface area (Å²) in [5, 5.41) is 3.36. The second-order valence-corrected chi connectivity index (χ2v) is 4.53. The fraction of sp³-hybridized carbons (Fsp3) is 0.312. The number of methoxy groups -OCH3 is 1. The van der Waals surface area contributed by atoms with Crippen LogP contribution in [0.25, 0.3) is 0 Å². The molecule has 0 spiro atoms. The molecule has 112 valence electrons. The molecule has 1 N–H and O–H groups in total. The molecule has 21 heavy (non-hydrogen) atoms. The van der Waals surface area contributed by atoms with Crippen LogP contribution in [0.5, 0.6) is 5.75 Å². The number of anilines is 1. The van der Waals surface area contributed by atoms with Crippen LogP contribution in [0.3, 0.4) is 0 Å². The number of aryl methyl sites for hydroxylation is 1. The minimum Gasteiger partial charge on any atom is -0.482 e. The van der Waals surface area contributed by atoms with Crippen molar-refractivity contribution in [3.05, 3.63) is 48.3 Å². The Hall–Kier alpha value is -2.43. The van der Waals surface area contributed by atoms with Crippen LogP contribution in [0, 0.1) is 0 Å². The maximum Gasteiger partial charge on any atom is 0.343 e. The number of carbonyl (C=O) groups is 1. The van der Waals surface area contributed by atoms with Gasteiger partial charge in [0.05, 0.1) is 13.7 Å². The molecule has 0 aliphatic carbocycles. The Labute approximate surface area is 124 Å². The van der Waals surface area contributed by atoms with Gasteiger partial charge in [-0.05, 0) is 43.3 Å². The highest BCUT2D eigenvalue weighted by Crippen LogP contribution is 2.16. The molecule has 1 heterocycles. The molecule has 0 saturated heterocycles. The summed E-state index contributed by atoms with van der Waals surface area (Å²) in [6.07, 6.45) is 2.07. The number of rotatable bonds is 7. The van der Waals surface area contributed by atoms with Gasteiger partial charge in [0.2, 0.25) is 0 Å². The number of nitrogens with one attached hydrogen (secondary N) is 1. The summed E-state index contributed by atoms with van der Waals surface area (Å²) in [7, 11) is 1.34. The van der Waals surface area contributed by atoms with Crippen LogP contribution in [-0.4, -0.2) is 24.3 Å². The molecule has 0 saturated carbocycles. The number of hydrogen-bond donors (Lipinski definition) is 1. The molecule has 0 aliphatic heterocycles. The molecular formula is C16H20N2O3. The normalized spacial score (nSPS) is 10.2. The first kappa shape index (κ1) is 15.0. The molecule has 5 heteroatoms. The summed E-state index contributed by atoms with van der Waals surface area (Å²) in [5.41, 5.74) is 2.24. The van der Waals surface area contributed by atoms with Crippen LogP contribution in [0.4, 0.5) is 5.69 Å². The molecule has 2 aromatic rings. The Kier molecular flexibility index (Phi) is 5.26. The van der Waals surface area contributed by atoms with Crippen LogP contribution in [0.2, 0.25) is 0 Å². The van der Waals surface area contributed by atoms with Gasteiger partial charge in [-0.15, -0.1) is 0 Å². The van der Waals surface area contributed by atoms with Gasteiger partial charge in [-0.1, -0.05) is 0 Å². The fourth-order valence-electron chi connectivity index (χ4n) is 1.98. The van der Waals surface area contributed by atoms with E-state index in [9.17, 15) is 4.79 Å². The van der Waals surface area contributed by atoms with Crippen molar-refractivity contribution in [2.24, 2.45) is 0 Å². The van der Waals surface area contributed by atoms with Gasteiger partial charge in [-0.25, -0.2) is 4.79 Å². The Morgan fingerprint density at radius 3 is 2.67 bits per heavy atom. The molecule has 0 amide bonds. The van der Waals surface area contributed by atoms with E-state index in [-0.39, 0.29) is 6.61 Å². The number of benzene rings is 1. The van der Waals surface area contributed by atoms with Crippen molar-refractivity contribution in [2.45, 2.75) is 20.0 Å². The molecule has 5 nitrogen and oxygen atoms in total. The summed E-state index contributed by atoms with van der Waals surface area (Å²) < 4.78 is 12.0. The smallest absolute Gasteiger partial charge is 0.343 e. The van der Waals surface area contributed by atoms with Crippen molar-refractivity contribution in [1.82, 2.24) is 4.57 Å². The van der Waals surface area contributed by atoms with E-state index in [1.54, 1.807) is 0 Å². The average molecular weight is 288 g/mol. The van der Waals surface area contributed by atoms with Crippen LogP contribution in [-0.2, 0) is 22.6 Å². The third-order valence-corrected chi connectivity index (χ3v) is 3.18. The average Bonchev–Trinajstić information content (AvgIpc) is 2.99. The van der Waals surface area contributed by atoms with Gasteiger partial charge in [-0.2, -0.15) is 0 Å². The predicted octanol–water partition coefficient (Wildman–Crippen LogP) is 2.67. The predicted molar refractivity (Wildman–Crippen MR) is 81.4 cm³/mol. The Balaban J connectivity index is 1.86. The van der Waals surface area contributed by atoms with Crippen LogP contribution in [0.1, 0.15) is 12.6 Å². The molecule has 0 bridgehead atoms. The van der Waals surface area contributed by atoms with Gasteiger partial charge in [0.25, 0.3) is 0 Å². The molecular weight excluding hydrogens is 268 g/mol. The number of esters is 1. The van der Waals surface area contributed by atoms with Crippen molar-refractivity contribution < 1.29 is 14.3 Å². The molecule has 0 radical (unpaired) electrons. The SMILES string of the molecule is CCn1cccc1CNc1ccc(OCC(=O)OC)cc1. The summed E-state index contributed by atoms with van der Waals surface area (Å²) in [5.74, 6) is 0.250. The Morgan fingerprint density at radius 1 is 1.24 bits per heavy atom. The van der Waals surface area contributed by atoms with E-state index in [1.807, 2.05) is 30.3 Å². The van der Waals surface area contributed by atoms with Crippen molar-refractivity contribution in [3.63, 3.8) is 0 Å². The highest BCUT2D eigenvalue weighted by molar-refractivity contribution is 5.70. The van der Waals surface area contributed by atoms with Gasteiger partial charge < -0.3 is 19.4 Å². The van der Waals surface area contributed by atoms with Crippen LogP contribution < -0.4 is 10.1 Å². The minimum absolute atomic E-state index is 0.0761. The Bertz CT molecular complexity index is 575. The van der Waals surface area contributed by atoms with Crippen molar-refractivity contribution in [1.29, 1.82) is 0 Å². The third kappa shape index (κ3) is 4.27. The zero-order valence-electron chi connectivity index (χ0n) is 12.3. The van der Waals surface area contributed by atoms with Crippen molar-refractivity contribution in [3.8, 4) is 5.75 Å². The largest absolute Gasteiger partial charge is 0.482 e. The number of carbonyl (C=O) groups excluding carboxylic acids is 1. The van der Waals surface area contributed by atoms with E-state index in [1.165, 1.54) is 12.8 Å². The third-order valence-electron chi connectivity index (χ3n) is 3.18. The molecule has 0 atom stereocenters. The summed E-state index contributed by atoms with van der Waals surface area (Å²) in [4.78, 5) is 11.0. The first-order valence-electron chi connectivity index (χ1n) is 6.90. The lowest BCUT2D eigenvalue weighted by molar-refractivity contribution is -0.142. The van der Waals surface area contributed by atoms with E-state index >= 15 is 0 Å². The molecule has 0 unspecified atom stereocenters. The van der Waals surface area contributed by atoms with Gasteiger partial charge >= 0.3 is 5.97 Å². The number of aromatic nitrogens is 1.